The van der Waals surface area contributed by atoms with Crippen molar-refractivity contribution in [1.29, 1.82) is 5.26 Å². The number of nitrogens with zero attached hydrogens (tertiary/aromatic N) is 4. The van der Waals surface area contributed by atoms with Crippen LogP contribution < -0.4 is 4.90 Å². The monoisotopic (exact) mass is 374 g/mol. The first-order valence-corrected chi connectivity index (χ1v) is 8.66. The SMILES string of the molecule is N#Cc1cccnc1N1CCN(C(=O)Cc2ccc(Cl)cc2Cl)CC1. The summed E-state index contributed by atoms with van der Waals surface area (Å²) in [6.45, 7) is 2.47. The Morgan fingerprint density at radius 2 is 1.96 bits per heavy atom. The predicted octanol–water partition coefficient (Wildman–Crippen LogP) is 3.15. The number of halogens is 2. The van der Waals surface area contributed by atoms with Crippen LogP contribution in [0.3, 0.4) is 0 Å². The molecule has 25 heavy (non-hydrogen) atoms. The molecule has 0 unspecified atom stereocenters. The number of piperazine rings is 1. The van der Waals surface area contributed by atoms with Crippen molar-refractivity contribution in [2.75, 3.05) is 31.1 Å². The molecule has 1 aliphatic heterocycles. The van der Waals surface area contributed by atoms with E-state index in [1.807, 2.05) is 9.80 Å². The van der Waals surface area contributed by atoms with Crippen molar-refractivity contribution in [3.05, 3.63) is 57.7 Å². The first-order chi connectivity index (χ1) is 12.1. The lowest BCUT2D eigenvalue weighted by Crippen LogP contribution is -2.49. The van der Waals surface area contributed by atoms with Crippen molar-refractivity contribution in [2.45, 2.75) is 6.42 Å². The summed E-state index contributed by atoms with van der Waals surface area (Å²) in [6.07, 6.45) is 1.93. The molecule has 2 aromatic rings. The number of carbonyl (C=O) groups is 1. The summed E-state index contributed by atoms with van der Waals surface area (Å²) in [6, 6.07) is 10.8. The zero-order valence-corrected chi connectivity index (χ0v) is 15.0. The van der Waals surface area contributed by atoms with Gasteiger partial charge in [-0.05, 0) is 29.8 Å². The third-order valence-electron chi connectivity index (χ3n) is 4.20. The quantitative estimate of drug-likeness (QED) is 0.827. The lowest BCUT2D eigenvalue weighted by Gasteiger charge is -2.35. The summed E-state index contributed by atoms with van der Waals surface area (Å²) < 4.78 is 0. The van der Waals surface area contributed by atoms with Gasteiger partial charge in [-0.15, -0.1) is 0 Å². The van der Waals surface area contributed by atoms with Crippen molar-refractivity contribution >= 4 is 34.9 Å². The Balaban J connectivity index is 1.62. The van der Waals surface area contributed by atoms with Gasteiger partial charge in [0.2, 0.25) is 5.91 Å². The van der Waals surface area contributed by atoms with Crippen LogP contribution in [0.4, 0.5) is 5.82 Å². The number of nitriles is 1. The molecule has 1 amide bonds. The summed E-state index contributed by atoms with van der Waals surface area (Å²) in [5.74, 6) is 0.711. The first kappa shape index (κ1) is 17.5. The van der Waals surface area contributed by atoms with Gasteiger partial charge in [0.1, 0.15) is 11.9 Å². The smallest absolute Gasteiger partial charge is 0.227 e. The van der Waals surface area contributed by atoms with E-state index in [-0.39, 0.29) is 12.3 Å². The maximum Gasteiger partial charge on any atom is 0.227 e. The van der Waals surface area contributed by atoms with Gasteiger partial charge in [-0.3, -0.25) is 4.79 Å². The summed E-state index contributed by atoms with van der Waals surface area (Å²) >= 11 is 12.0. The molecule has 3 rings (SSSR count). The van der Waals surface area contributed by atoms with Gasteiger partial charge in [0.25, 0.3) is 0 Å². The van der Waals surface area contributed by atoms with E-state index in [4.69, 9.17) is 23.2 Å². The minimum atomic E-state index is 0.0328. The number of carbonyl (C=O) groups excluding carboxylic acids is 1. The van der Waals surface area contributed by atoms with Crippen molar-refractivity contribution in [3.63, 3.8) is 0 Å². The van der Waals surface area contributed by atoms with Crippen molar-refractivity contribution in [2.24, 2.45) is 0 Å². The van der Waals surface area contributed by atoms with Crippen LogP contribution in [0.2, 0.25) is 10.0 Å². The Morgan fingerprint density at radius 1 is 1.20 bits per heavy atom. The van der Waals surface area contributed by atoms with Gasteiger partial charge in [-0.2, -0.15) is 5.26 Å². The predicted molar refractivity (Wildman–Crippen MR) is 97.9 cm³/mol. The molecule has 0 spiro atoms. The molecular weight excluding hydrogens is 359 g/mol. The van der Waals surface area contributed by atoms with Gasteiger partial charge < -0.3 is 9.80 Å². The maximum atomic E-state index is 12.5. The standard InChI is InChI=1S/C18H16Cl2N4O/c19-15-4-3-13(16(20)11-15)10-17(25)23-6-8-24(9-7-23)18-14(12-21)2-1-5-22-18/h1-5,11H,6-10H2. The van der Waals surface area contributed by atoms with Crippen LogP contribution in [0.25, 0.3) is 0 Å². The number of rotatable bonds is 3. The normalized spacial score (nSPS) is 14.3. The molecule has 1 aliphatic rings. The minimum Gasteiger partial charge on any atom is -0.352 e. The van der Waals surface area contributed by atoms with Gasteiger partial charge in [0.05, 0.1) is 12.0 Å². The molecule has 0 aliphatic carbocycles. The van der Waals surface area contributed by atoms with Gasteiger partial charge >= 0.3 is 0 Å². The highest BCUT2D eigenvalue weighted by molar-refractivity contribution is 6.35. The van der Waals surface area contributed by atoms with E-state index in [1.165, 1.54) is 0 Å². The molecular formula is C18H16Cl2N4O. The molecule has 7 heteroatoms. The van der Waals surface area contributed by atoms with Crippen molar-refractivity contribution in [3.8, 4) is 6.07 Å². The average molecular weight is 375 g/mol. The Bertz CT molecular complexity index is 826. The molecule has 0 N–H and O–H groups in total. The molecule has 0 bridgehead atoms. The third-order valence-corrected chi connectivity index (χ3v) is 4.78. The Morgan fingerprint density at radius 3 is 2.64 bits per heavy atom. The van der Waals surface area contributed by atoms with E-state index in [0.717, 1.165) is 5.56 Å². The fourth-order valence-corrected chi connectivity index (χ4v) is 3.32. The number of aromatic nitrogens is 1. The van der Waals surface area contributed by atoms with Crippen LogP contribution in [0.15, 0.2) is 36.5 Å². The number of anilines is 1. The van der Waals surface area contributed by atoms with E-state index >= 15 is 0 Å². The fourth-order valence-electron chi connectivity index (χ4n) is 2.84. The molecule has 5 nitrogen and oxygen atoms in total. The van der Waals surface area contributed by atoms with E-state index in [0.29, 0.717) is 47.6 Å². The lowest BCUT2D eigenvalue weighted by molar-refractivity contribution is -0.130. The topological polar surface area (TPSA) is 60.2 Å². The van der Waals surface area contributed by atoms with E-state index in [2.05, 4.69) is 11.1 Å². The highest BCUT2D eigenvalue weighted by atomic mass is 35.5. The highest BCUT2D eigenvalue weighted by Crippen LogP contribution is 2.23. The summed E-state index contributed by atoms with van der Waals surface area (Å²) in [5.41, 5.74) is 1.32. The number of hydrogen-bond donors (Lipinski definition) is 0. The molecule has 1 saturated heterocycles. The van der Waals surface area contributed by atoms with Crippen LogP contribution in [0.5, 0.6) is 0 Å². The number of amides is 1. The molecule has 1 fully saturated rings. The van der Waals surface area contributed by atoms with Gasteiger partial charge in [-0.25, -0.2) is 4.98 Å². The fraction of sp³-hybridized carbons (Fsp3) is 0.278. The second-order valence-electron chi connectivity index (χ2n) is 5.77. The van der Waals surface area contributed by atoms with E-state index < -0.39 is 0 Å². The van der Waals surface area contributed by atoms with Gasteiger partial charge in [0, 0.05) is 42.4 Å². The zero-order valence-electron chi connectivity index (χ0n) is 13.5. The zero-order chi connectivity index (χ0) is 17.8. The van der Waals surface area contributed by atoms with E-state index in [1.54, 1.807) is 36.5 Å². The van der Waals surface area contributed by atoms with E-state index in [9.17, 15) is 10.1 Å². The highest BCUT2D eigenvalue weighted by Gasteiger charge is 2.23. The van der Waals surface area contributed by atoms with Crippen LogP contribution >= 0.6 is 23.2 Å². The van der Waals surface area contributed by atoms with Gasteiger partial charge in [-0.1, -0.05) is 29.3 Å². The summed E-state index contributed by atoms with van der Waals surface area (Å²) in [5, 5.41) is 10.3. The van der Waals surface area contributed by atoms with Crippen LogP contribution in [0, 0.1) is 11.3 Å². The van der Waals surface area contributed by atoms with Crippen LogP contribution in [0.1, 0.15) is 11.1 Å². The summed E-state index contributed by atoms with van der Waals surface area (Å²) in [7, 11) is 0. The Kier molecular flexibility index (Phi) is 5.42. The summed E-state index contributed by atoms with van der Waals surface area (Å²) in [4.78, 5) is 20.7. The lowest BCUT2D eigenvalue weighted by atomic mass is 10.1. The molecule has 0 atom stereocenters. The van der Waals surface area contributed by atoms with Crippen molar-refractivity contribution < 1.29 is 4.79 Å². The molecule has 1 aromatic carbocycles. The molecule has 0 saturated carbocycles. The minimum absolute atomic E-state index is 0.0328. The molecule has 1 aromatic heterocycles. The Labute approximate surface area is 156 Å². The maximum absolute atomic E-state index is 12.5. The van der Waals surface area contributed by atoms with Crippen LogP contribution in [-0.4, -0.2) is 42.0 Å². The second-order valence-corrected chi connectivity index (χ2v) is 6.61. The molecule has 0 radical (unpaired) electrons. The van der Waals surface area contributed by atoms with Gasteiger partial charge in [0.15, 0.2) is 0 Å². The number of pyridine rings is 1. The largest absolute Gasteiger partial charge is 0.352 e. The van der Waals surface area contributed by atoms with Crippen LogP contribution in [-0.2, 0) is 11.2 Å². The number of benzene rings is 1. The number of hydrogen-bond acceptors (Lipinski definition) is 4. The Hall–Kier alpha value is -2.29. The first-order valence-electron chi connectivity index (χ1n) is 7.90. The second kappa shape index (κ2) is 7.73. The third kappa shape index (κ3) is 4.04. The average Bonchev–Trinajstić information content (AvgIpc) is 2.64. The molecule has 2 heterocycles. The van der Waals surface area contributed by atoms with Crippen molar-refractivity contribution in [1.82, 2.24) is 9.88 Å². The molecule has 128 valence electrons.